The van der Waals surface area contributed by atoms with Crippen LogP contribution in [0.25, 0.3) is 11.3 Å². The van der Waals surface area contributed by atoms with E-state index in [4.69, 9.17) is 5.73 Å². The fourth-order valence-corrected chi connectivity index (χ4v) is 2.54. The molecule has 16 heavy (non-hydrogen) atoms. The van der Waals surface area contributed by atoms with Crippen molar-refractivity contribution in [1.29, 1.82) is 0 Å². The highest BCUT2D eigenvalue weighted by Gasteiger charge is 2.09. The summed E-state index contributed by atoms with van der Waals surface area (Å²) in [4.78, 5) is 4.33. The quantitative estimate of drug-likeness (QED) is 0.867. The van der Waals surface area contributed by atoms with Gasteiger partial charge < -0.3 is 5.73 Å². The van der Waals surface area contributed by atoms with Crippen LogP contribution in [-0.4, -0.2) is 4.98 Å². The van der Waals surface area contributed by atoms with Crippen LogP contribution in [0.15, 0.2) is 17.5 Å². The molecule has 4 heteroatoms. The zero-order valence-electron chi connectivity index (χ0n) is 9.57. The molecule has 2 N–H and O–H groups in total. The number of hydrogen-bond acceptors (Lipinski definition) is 3. The van der Waals surface area contributed by atoms with Crippen molar-refractivity contribution < 1.29 is 0 Å². The Morgan fingerprint density at radius 1 is 1.12 bits per heavy atom. The molecule has 0 aliphatic carbocycles. The van der Waals surface area contributed by atoms with Crippen LogP contribution in [-0.2, 0) is 0 Å². The van der Waals surface area contributed by atoms with Crippen molar-refractivity contribution in [2.75, 3.05) is 5.73 Å². The van der Waals surface area contributed by atoms with Gasteiger partial charge in [-0.05, 0) is 31.9 Å². The van der Waals surface area contributed by atoms with Crippen LogP contribution >= 0.6 is 28.3 Å². The molecule has 0 amide bonds. The first-order valence-electron chi connectivity index (χ1n) is 4.87. The maximum Gasteiger partial charge on any atom is 0.180 e. The van der Waals surface area contributed by atoms with Gasteiger partial charge in [-0.2, -0.15) is 0 Å². The summed E-state index contributed by atoms with van der Waals surface area (Å²) in [7, 11) is 0. The van der Waals surface area contributed by atoms with Crippen LogP contribution in [0.1, 0.15) is 16.7 Å². The molecule has 86 valence electrons. The van der Waals surface area contributed by atoms with Crippen molar-refractivity contribution in [3.63, 3.8) is 0 Å². The lowest BCUT2D eigenvalue weighted by Gasteiger charge is -2.08. The second-order valence-electron chi connectivity index (χ2n) is 3.84. The van der Waals surface area contributed by atoms with Crippen LogP contribution in [0, 0.1) is 20.8 Å². The van der Waals surface area contributed by atoms with Crippen LogP contribution in [0.3, 0.4) is 0 Å². The van der Waals surface area contributed by atoms with E-state index in [2.05, 4.69) is 37.9 Å². The molecule has 0 spiro atoms. The van der Waals surface area contributed by atoms with Crippen molar-refractivity contribution in [2.24, 2.45) is 0 Å². The monoisotopic (exact) mass is 298 g/mol. The maximum atomic E-state index is 5.65. The highest BCUT2D eigenvalue weighted by molar-refractivity contribution is 8.93. The Morgan fingerprint density at radius 3 is 2.12 bits per heavy atom. The summed E-state index contributed by atoms with van der Waals surface area (Å²) in [5, 5.41) is 2.64. The summed E-state index contributed by atoms with van der Waals surface area (Å²) < 4.78 is 0. The summed E-state index contributed by atoms with van der Waals surface area (Å²) >= 11 is 1.49. The van der Waals surface area contributed by atoms with E-state index in [1.165, 1.54) is 33.6 Å². The normalized spacial score (nSPS) is 9.94. The van der Waals surface area contributed by atoms with Gasteiger partial charge in [-0.15, -0.1) is 28.3 Å². The van der Waals surface area contributed by atoms with Crippen molar-refractivity contribution >= 4 is 33.4 Å². The molecule has 0 fully saturated rings. The number of benzene rings is 1. The van der Waals surface area contributed by atoms with Gasteiger partial charge in [0.25, 0.3) is 0 Å². The van der Waals surface area contributed by atoms with E-state index in [9.17, 15) is 0 Å². The number of thiazole rings is 1. The minimum absolute atomic E-state index is 0. The molecular formula is C12H15BrN2S. The molecule has 2 rings (SSSR count). The molecule has 0 bridgehead atoms. The Kier molecular flexibility index (Phi) is 4.10. The van der Waals surface area contributed by atoms with Crippen LogP contribution in [0.2, 0.25) is 0 Å². The molecule has 1 aromatic carbocycles. The Bertz CT molecular complexity index is 482. The molecule has 0 atom stereocenters. The van der Waals surface area contributed by atoms with Crippen LogP contribution in [0.4, 0.5) is 5.13 Å². The predicted octanol–water partition coefficient (Wildman–Crippen LogP) is 3.90. The SMILES string of the molecule is Br.Cc1cc(C)c(-c2csc(N)n2)c(C)c1. The van der Waals surface area contributed by atoms with Crippen LogP contribution in [0.5, 0.6) is 0 Å². The van der Waals surface area contributed by atoms with E-state index in [0.29, 0.717) is 5.13 Å². The second kappa shape index (κ2) is 4.97. The van der Waals surface area contributed by atoms with Gasteiger partial charge >= 0.3 is 0 Å². The highest BCUT2D eigenvalue weighted by Crippen LogP contribution is 2.29. The molecule has 0 saturated heterocycles. The van der Waals surface area contributed by atoms with Crippen molar-refractivity contribution in [2.45, 2.75) is 20.8 Å². The van der Waals surface area contributed by atoms with Crippen molar-refractivity contribution in [3.8, 4) is 11.3 Å². The standard InChI is InChI=1S/C12H14N2S.BrH/c1-7-4-8(2)11(9(3)5-7)10-6-15-12(13)14-10;/h4-6H,1-3H3,(H2,13,14);1H. The first-order valence-corrected chi connectivity index (χ1v) is 5.75. The van der Waals surface area contributed by atoms with Gasteiger partial charge in [0.2, 0.25) is 0 Å². The van der Waals surface area contributed by atoms with Gasteiger partial charge in [0.05, 0.1) is 5.69 Å². The predicted molar refractivity (Wildman–Crippen MR) is 76.5 cm³/mol. The van der Waals surface area contributed by atoms with Gasteiger partial charge in [0, 0.05) is 10.9 Å². The number of aryl methyl sites for hydroxylation is 3. The average Bonchev–Trinajstić information content (AvgIpc) is 2.49. The smallest absolute Gasteiger partial charge is 0.180 e. The Hall–Kier alpha value is -0.870. The molecule has 0 unspecified atom stereocenters. The lowest BCUT2D eigenvalue weighted by atomic mass is 9.98. The molecule has 1 aromatic heterocycles. The summed E-state index contributed by atoms with van der Waals surface area (Å²) in [5.74, 6) is 0. The molecular weight excluding hydrogens is 284 g/mol. The van der Waals surface area contributed by atoms with E-state index in [1.54, 1.807) is 0 Å². The van der Waals surface area contributed by atoms with E-state index >= 15 is 0 Å². The van der Waals surface area contributed by atoms with Gasteiger partial charge in [-0.1, -0.05) is 17.7 Å². The number of nitrogens with two attached hydrogens (primary N) is 1. The molecule has 2 nitrogen and oxygen atoms in total. The minimum atomic E-state index is 0. The lowest BCUT2D eigenvalue weighted by Crippen LogP contribution is -1.91. The zero-order valence-corrected chi connectivity index (χ0v) is 12.1. The van der Waals surface area contributed by atoms with Gasteiger partial charge in [0.15, 0.2) is 5.13 Å². The fourth-order valence-electron chi connectivity index (χ4n) is 1.99. The molecule has 0 saturated carbocycles. The van der Waals surface area contributed by atoms with Gasteiger partial charge in [-0.3, -0.25) is 0 Å². The third kappa shape index (κ3) is 2.44. The third-order valence-electron chi connectivity index (χ3n) is 2.46. The highest BCUT2D eigenvalue weighted by atomic mass is 79.9. The summed E-state index contributed by atoms with van der Waals surface area (Å²) in [5.41, 5.74) is 11.7. The number of halogens is 1. The largest absolute Gasteiger partial charge is 0.375 e. The Morgan fingerprint density at radius 2 is 1.69 bits per heavy atom. The minimum Gasteiger partial charge on any atom is -0.375 e. The second-order valence-corrected chi connectivity index (χ2v) is 4.73. The fraction of sp³-hybridized carbons (Fsp3) is 0.250. The number of aromatic nitrogens is 1. The summed E-state index contributed by atoms with van der Waals surface area (Å²) in [6.07, 6.45) is 0. The lowest BCUT2D eigenvalue weighted by molar-refractivity contribution is 1.29. The first-order chi connectivity index (χ1) is 7.08. The number of nitrogen functional groups attached to an aromatic ring is 1. The maximum absolute atomic E-state index is 5.65. The van der Waals surface area contributed by atoms with Crippen molar-refractivity contribution in [3.05, 3.63) is 34.2 Å². The van der Waals surface area contributed by atoms with E-state index in [0.717, 1.165) is 5.69 Å². The number of rotatable bonds is 1. The Labute approximate surface area is 110 Å². The molecule has 0 aliphatic rings. The number of nitrogens with zero attached hydrogens (tertiary/aromatic N) is 1. The average molecular weight is 299 g/mol. The molecule has 0 aliphatic heterocycles. The van der Waals surface area contributed by atoms with Gasteiger partial charge in [0.1, 0.15) is 0 Å². The van der Waals surface area contributed by atoms with Crippen molar-refractivity contribution in [1.82, 2.24) is 4.98 Å². The molecule has 0 radical (unpaired) electrons. The van der Waals surface area contributed by atoms with Gasteiger partial charge in [-0.25, -0.2) is 4.98 Å². The van der Waals surface area contributed by atoms with Crippen LogP contribution < -0.4 is 5.73 Å². The number of anilines is 1. The Balaban J connectivity index is 0.00000128. The topological polar surface area (TPSA) is 38.9 Å². The molecule has 1 heterocycles. The summed E-state index contributed by atoms with van der Waals surface area (Å²) in [6, 6.07) is 4.36. The number of hydrogen-bond donors (Lipinski definition) is 1. The molecule has 2 aromatic rings. The van der Waals surface area contributed by atoms with E-state index in [1.807, 2.05) is 5.38 Å². The third-order valence-corrected chi connectivity index (χ3v) is 3.13. The van der Waals surface area contributed by atoms with E-state index in [-0.39, 0.29) is 17.0 Å². The summed E-state index contributed by atoms with van der Waals surface area (Å²) in [6.45, 7) is 6.34. The van der Waals surface area contributed by atoms with E-state index < -0.39 is 0 Å². The zero-order chi connectivity index (χ0) is 11.0. The first kappa shape index (κ1) is 13.2.